The fourth-order valence-corrected chi connectivity index (χ4v) is 2.59. The number of hydrogen-bond donors (Lipinski definition) is 1. The number of nitrogens with zero attached hydrogens (tertiary/aromatic N) is 3. The van der Waals surface area contributed by atoms with Gasteiger partial charge in [-0.1, -0.05) is 6.07 Å². The largest absolute Gasteiger partial charge is 0.362 e. The average Bonchev–Trinajstić information content (AvgIpc) is 2.94. The van der Waals surface area contributed by atoms with Gasteiger partial charge in [0.2, 0.25) is 0 Å². The van der Waals surface area contributed by atoms with E-state index in [9.17, 15) is 5.26 Å². The summed E-state index contributed by atoms with van der Waals surface area (Å²) >= 11 is 0. The van der Waals surface area contributed by atoms with Gasteiger partial charge in [0, 0.05) is 18.1 Å². The molecular weight excluding hydrogens is 248 g/mol. The molecule has 2 aromatic heterocycles. The van der Waals surface area contributed by atoms with Gasteiger partial charge in [-0.2, -0.15) is 5.26 Å². The predicted octanol–water partition coefficient (Wildman–Crippen LogP) is 3.01. The number of anilines is 1. The van der Waals surface area contributed by atoms with Crippen molar-refractivity contribution in [1.29, 1.82) is 5.26 Å². The topological polar surface area (TPSA) is 61.6 Å². The van der Waals surface area contributed by atoms with Gasteiger partial charge in [-0.25, -0.2) is 4.98 Å². The molecule has 0 bridgehead atoms. The van der Waals surface area contributed by atoms with Crippen LogP contribution in [-0.2, 0) is 12.8 Å². The van der Waals surface area contributed by atoms with Gasteiger partial charge < -0.3 is 5.32 Å². The Kier molecular flexibility index (Phi) is 3.34. The molecule has 0 amide bonds. The van der Waals surface area contributed by atoms with Crippen LogP contribution < -0.4 is 5.32 Å². The SMILES string of the molecule is CC(Nc1nc2c(cc1C#N)CCC2)c1cccnc1. The third-order valence-corrected chi connectivity index (χ3v) is 3.71. The van der Waals surface area contributed by atoms with Crippen molar-refractivity contribution in [2.24, 2.45) is 0 Å². The Balaban J connectivity index is 1.89. The summed E-state index contributed by atoms with van der Waals surface area (Å²) in [4.78, 5) is 8.76. The molecule has 0 fully saturated rings. The van der Waals surface area contributed by atoms with Gasteiger partial charge in [-0.3, -0.25) is 4.98 Å². The molecule has 0 saturated heterocycles. The fraction of sp³-hybridized carbons (Fsp3) is 0.312. The van der Waals surface area contributed by atoms with Crippen molar-refractivity contribution >= 4 is 5.82 Å². The first kappa shape index (κ1) is 12.6. The second-order valence-electron chi connectivity index (χ2n) is 5.11. The van der Waals surface area contributed by atoms with Crippen molar-refractivity contribution in [2.45, 2.75) is 32.2 Å². The first-order valence-corrected chi connectivity index (χ1v) is 6.87. The minimum Gasteiger partial charge on any atom is -0.362 e. The van der Waals surface area contributed by atoms with Crippen LogP contribution >= 0.6 is 0 Å². The van der Waals surface area contributed by atoms with E-state index in [-0.39, 0.29) is 6.04 Å². The van der Waals surface area contributed by atoms with Crippen LogP contribution in [0.3, 0.4) is 0 Å². The average molecular weight is 264 g/mol. The van der Waals surface area contributed by atoms with Gasteiger partial charge >= 0.3 is 0 Å². The van der Waals surface area contributed by atoms with Crippen molar-refractivity contribution in [3.8, 4) is 6.07 Å². The third kappa shape index (κ3) is 2.35. The maximum atomic E-state index is 9.29. The van der Waals surface area contributed by atoms with Gasteiger partial charge in [-0.05, 0) is 49.4 Å². The molecule has 100 valence electrons. The summed E-state index contributed by atoms with van der Waals surface area (Å²) in [5.41, 5.74) is 4.06. The summed E-state index contributed by atoms with van der Waals surface area (Å²) in [6, 6.07) is 8.22. The Bertz CT molecular complexity index is 658. The van der Waals surface area contributed by atoms with Gasteiger partial charge in [-0.15, -0.1) is 0 Å². The zero-order chi connectivity index (χ0) is 13.9. The summed E-state index contributed by atoms with van der Waals surface area (Å²) in [5, 5.41) is 12.6. The number of aryl methyl sites for hydroxylation is 2. The molecule has 0 saturated carbocycles. The molecule has 4 heteroatoms. The highest BCUT2D eigenvalue weighted by Gasteiger charge is 2.17. The normalized spacial score (nSPS) is 14.4. The zero-order valence-electron chi connectivity index (χ0n) is 11.4. The van der Waals surface area contributed by atoms with E-state index in [1.807, 2.05) is 31.3 Å². The summed E-state index contributed by atoms with van der Waals surface area (Å²) in [7, 11) is 0. The highest BCUT2D eigenvalue weighted by molar-refractivity contribution is 5.56. The Morgan fingerprint density at radius 2 is 2.30 bits per heavy atom. The van der Waals surface area contributed by atoms with Gasteiger partial charge in [0.15, 0.2) is 0 Å². The molecule has 1 aliphatic rings. The van der Waals surface area contributed by atoms with E-state index in [1.54, 1.807) is 6.20 Å². The molecule has 0 radical (unpaired) electrons. The van der Waals surface area contributed by atoms with Crippen LogP contribution in [0.25, 0.3) is 0 Å². The maximum absolute atomic E-state index is 9.29. The zero-order valence-corrected chi connectivity index (χ0v) is 11.4. The quantitative estimate of drug-likeness (QED) is 0.925. The van der Waals surface area contributed by atoms with E-state index in [1.165, 1.54) is 5.56 Å². The minimum absolute atomic E-state index is 0.0720. The molecule has 1 N–H and O–H groups in total. The first-order valence-electron chi connectivity index (χ1n) is 6.87. The molecule has 2 heterocycles. The van der Waals surface area contributed by atoms with Crippen molar-refractivity contribution in [2.75, 3.05) is 5.32 Å². The summed E-state index contributed by atoms with van der Waals surface area (Å²) in [6.07, 6.45) is 6.77. The highest BCUT2D eigenvalue weighted by Crippen LogP contribution is 2.27. The molecule has 0 aromatic carbocycles. The van der Waals surface area contributed by atoms with Crippen LogP contribution in [0.15, 0.2) is 30.6 Å². The van der Waals surface area contributed by atoms with Crippen LogP contribution in [0.4, 0.5) is 5.82 Å². The van der Waals surface area contributed by atoms with Crippen molar-refractivity contribution in [3.05, 3.63) is 53.0 Å². The van der Waals surface area contributed by atoms with E-state index < -0.39 is 0 Å². The molecular formula is C16H16N4. The number of fused-ring (bicyclic) bond motifs is 1. The number of nitrogens with one attached hydrogen (secondary N) is 1. The predicted molar refractivity (Wildman–Crippen MR) is 77.3 cm³/mol. The maximum Gasteiger partial charge on any atom is 0.144 e. The van der Waals surface area contributed by atoms with Crippen LogP contribution in [0.2, 0.25) is 0 Å². The highest BCUT2D eigenvalue weighted by atomic mass is 15.0. The van der Waals surface area contributed by atoms with Crippen LogP contribution in [0.5, 0.6) is 0 Å². The van der Waals surface area contributed by atoms with Crippen LogP contribution in [0, 0.1) is 11.3 Å². The molecule has 1 atom stereocenters. The Morgan fingerprint density at radius 3 is 3.05 bits per heavy atom. The standard InChI is InChI=1S/C16H16N4/c1-11(13-5-3-7-18-10-13)19-16-14(9-17)8-12-4-2-6-15(12)20-16/h3,5,7-8,10-11H,2,4,6H2,1H3,(H,19,20). The Labute approximate surface area is 118 Å². The molecule has 1 unspecified atom stereocenters. The van der Waals surface area contributed by atoms with E-state index in [4.69, 9.17) is 0 Å². The number of nitriles is 1. The van der Waals surface area contributed by atoms with E-state index in [2.05, 4.69) is 21.4 Å². The molecule has 1 aliphatic carbocycles. The summed E-state index contributed by atoms with van der Waals surface area (Å²) < 4.78 is 0. The molecule has 3 rings (SSSR count). The van der Waals surface area contributed by atoms with Crippen molar-refractivity contribution < 1.29 is 0 Å². The van der Waals surface area contributed by atoms with E-state index >= 15 is 0 Å². The number of aromatic nitrogens is 2. The first-order chi connectivity index (χ1) is 9.78. The van der Waals surface area contributed by atoms with E-state index in [0.29, 0.717) is 11.4 Å². The fourth-order valence-electron chi connectivity index (χ4n) is 2.59. The lowest BCUT2D eigenvalue weighted by Crippen LogP contribution is -2.10. The van der Waals surface area contributed by atoms with Gasteiger partial charge in [0.25, 0.3) is 0 Å². The lowest BCUT2D eigenvalue weighted by Gasteiger charge is -2.16. The molecule has 0 aliphatic heterocycles. The summed E-state index contributed by atoms with van der Waals surface area (Å²) in [6.45, 7) is 2.05. The molecule has 4 nitrogen and oxygen atoms in total. The van der Waals surface area contributed by atoms with Gasteiger partial charge in [0.1, 0.15) is 11.9 Å². The monoisotopic (exact) mass is 264 g/mol. The molecule has 0 spiro atoms. The second-order valence-corrected chi connectivity index (χ2v) is 5.11. The van der Waals surface area contributed by atoms with Crippen molar-refractivity contribution in [3.63, 3.8) is 0 Å². The number of hydrogen-bond acceptors (Lipinski definition) is 4. The lowest BCUT2D eigenvalue weighted by molar-refractivity contribution is 0.858. The number of pyridine rings is 2. The van der Waals surface area contributed by atoms with E-state index in [0.717, 1.165) is 30.5 Å². The molecule has 2 aromatic rings. The Hall–Kier alpha value is -2.41. The molecule has 20 heavy (non-hydrogen) atoms. The number of rotatable bonds is 3. The summed E-state index contributed by atoms with van der Waals surface area (Å²) in [5.74, 6) is 0.685. The lowest BCUT2D eigenvalue weighted by atomic mass is 10.1. The van der Waals surface area contributed by atoms with Crippen LogP contribution in [0.1, 0.15) is 41.8 Å². The van der Waals surface area contributed by atoms with Crippen LogP contribution in [-0.4, -0.2) is 9.97 Å². The Morgan fingerprint density at radius 1 is 1.40 bits per heavy atom. The smallest absolute Gasteiger partial charge is 0.144 e. The minimum atomic E-state index is 0.0720. The van der Waals surface area contributed by atoms with Crippen molar-refractivity contribution in [1.82, 2.24) is 9.97 Å². The van der Waals surface area contributed by atoms with Gasteiger partial charge in [0.05, 0.1) is 11.6 Å². The third-order valence-electron chi connectivity index (χ3n) is 3.71. The second kappa shape index (κ2) is 5.30.